The molecule has 0 bridgehead atoms. The number of alkyl halides is 3. The van der Waals surface area contributed by atoms with Crippen molar-refractivity contribution in [2.75, 3.05) is 30.5 Å². The van der Waals surface area contributed by atoms with Crippen molar-refractivity contribution >= 4 is 35.3 Å². The third kappa shape index (κ3) is 10.7. The van der Waals surface area contributed by atoms with Crippen molar-refractivity contribution in [3.63, 3.8) is 0 Å². The molecular weight excluding hydrogens is 569 g/mol. The van der Waals surface area contributed by atoms with E-state index in [4.69, 9.17) is 14.2 Å². The van der Waals surface area contributed by atoms with Gasteiger partial charge in [0.2, 0.25) is 0 Å². The largest absolute Gasteiger partial charge is 0.494 e. The minimum Gasteiger partial charge on any atom is -0.494 e. The predicted octanol–water partition coefficient (Wildman–Crippen LogP) is 5.39. The SMILES string of the molecule is CCCCOc1ccc(NC(=O)C(=O)N/N=C\c2ccc(OCC(=O)Nc3cccc(C(F)(F)F)c3)c(OCC)c2)cc1. The highest BCUT2D eigenvalue weighted by Crippen LogP contribution is 2.31. The number of ether oxygens (including phenoxy) is 3. The number of benzene rings is 3. The molecule has 0 aliphatic carbocycles. The van der Waals surface area contributed by atoms with Crippen LogP contribution in [0.1, 0.15) is 37.8 Å². The molecule has 228 valence electrons. The van der Waals surface area contributed by atoms with Crippen molar-refractivity contribution in [3.05, 3.63) is 77.9 Å². The van der Waals surface area contributed by atoms with Crippen LogP contribution in [-0.2, 0) is 20.6 Å². The summed E-state index contributed by atoms with van der Waals surface area (Å²) < 4.78 is 55.3. The van der Waals surface area contributed by atoms with Gasteiger partial charge in [-0.1, -0.05) is 19.4 Å². The minimum atomic E-state index is -4.54. The second kappa shape index (κ2) is 15.8. The van der Waals surface area contributed by atoms with Crippen molar-refractivity contribution < 1.29 is 41.8 Å². The van der Waals surface area contributed by atoms with Gasteiger partial charge in [0.15, 0.2) is 18.1 Å². The third-order valence-corrected chi connectivity index (χ3v) is 5.56. The van der Waals surface area contributed by atoms with Gasteiger partial charge in [-0.3, -0.25) is 14.4 Å². The van der Waals surface area contributed by atoms with Crippen LogP contribution >= 0.6 is 0 Å². The molecule has 0 spiro atoms. The third-order valence-electron chi connectivity index (χ3n) is 5.56. The summed E-state index contributed by atoms with van der Waals surface area (Å²) in [7, 11) is 0. The Labute approximate surface area is 246 Å². The average molecular weight is 601 g/mol. The predicted molar refractivity (Wildman–Crippen MR) is 154 cm³/mol. The van der Waals surface area contributed by atoms with Gasteiger partial charge in [-0.2, -0.15) is 18.3 Å². The van der Waals surface area contributed by atoms with Gasteiger partial charge in [-0.05, 0) is 79.6 Å². The Kier molecular flexibility index (Phi) is 11.9. The fourth-order valence-corrected chi connectivity index (χ4v) is 3.48. The lowest BCUT2D eigenvalue weighted by Gasteiger charge is -2.13. The molecule has 3 aromatic carbocycles. The van der Waals surface area contributed by atoms with Crippen LogP contribution in [-0.4, -0.2) is 43.8 Å². The second-order valence-electron chi connectivity index (χ2n) is 8.93. The molecule has 0 aliphatic rings. The smallest absolute Gasteiger partial charge is 0.416 e. The van der Waals surface area contributed by atoms with E-state index in [1.807, 2.05) is 0 Å². The average Bonchev–Trinajstić information content (AvgIpc) is 2.97. The van der Waals surface area contributed by atoms with E-state index in [0.717, 1.165) is 25.0 Å². The molecule has 0 aromatic heterocycles. The number of anilines is 2. The van der Waals surface area contributed by atoms with Crippen LogP contribution in [0.2, 0.25) is 0 Å². The molecule has 0 saturated heterocycles. The molecule has 0 fully saturated rings. The van der Waals surface area contributed by atoms with Crippen LogP contribution in [0.3, 0.4) is 0 Å². The fraction of sp³-hybridized carbons (Fsp3) is 0.267. The first kappa shape index (κ1) is 32.4. The molecule has 3 rings (SSSR count). The summed E-state index contributed by atoms with van der Waals surface area (Å²) in [6.07, 6.45) is -1.32. The maximum atomic E-state index is 12.9. The number of nitrogens with zero attached hydrogens (tertiary/aromatic N) is 1. The van der Waals surface area contributed by atoms with Gasteiger partial charge in [0.1, 0.15) is 5.75 Å². The van der Waals surface area contributed by atoms with Crippen molar-refractivity contribution in [1.82, 2.24) is 5.43 Å². The maximum absolute atomic E-state index is 12.9. The quantitative estimate of drug-likeness (QED) is 0.105. The zero-order valence-electron chi connectivity index (χ0n) is 23.5. The van der Waals surface area contributed by atoms with Crippen LogP contribution < -0.4 is 30.3 Å². The van der Waals surface area contributed by atoms with Crippen LogP contribution in [0.4, 0.5) is 24.5 Å². The molecular formula is C30H31F3N4O6. The summed E-state index contributed by atoms with van der Waals surface area (Å²) in [4.78, 5) is 36.6. The van der Waals surface area contributed by atoms with Gasteiger partial charge in [0.05, 0.1) is 25.0 Å². The van der Waals surface area contributed by atoms with E-state index >= 15 is 0 Å². The molecule has 0 aliphatic heterocycles. The molecule has 0 unspecified atom stereocenters. The first-order valence-corrected chi connectivity index (χ1v) is 13.3. The molecule has 3 aromatic rings. The topological polar surface area (TPSA) is 127 Å². The molecule has 10 nitrogen and oxygen atoms in total. The molecule has 3 N–H and O–H groups in total. The lowest BCUT2D eigenvalue weighted by molar-refractivity contribution is -0.137. The molecule has 0 radical (unpaired) electrons. The molecule has 0 saturated carbocycles. The van der Waals surface area contributed by atoms with Crippen molar-refractivity contribution in [2.45, 2.75) is 32.9 Å². The number of hydrogen-bond donors (Lipinski definition) is 3. The molecule has 0 heterocycles. The minimum absolute atomic E-state index is 0.0268. The summed E-state index contributed by atoms with van der Waals surface area (Å²) in [5.41, 5.74) is 2.10. The van der Waals surface area contributed by atoms with E-state index in [1.165, 1.54) is 30.5 Å². The Balaban J connectivity index is 1.52. The molecule has 13 heteroatoms. The number of carbonyl (C=O) groups is 3. The van der Waals surface area contributed by atoms with Gasteiger partial charge >= 0.3 is 18.0 Å². The number of hydrogen-bond acceptors (Lipinski definition) is 7. The van der Waals surface area contributed by atoms with Gasteiger partial charge in [-0.25, -0.2) is 5.43 Å². The van der Waals surface area contributed by atoms with Gasteiger partial charge in [0, 0.05) is 11.4 Å². The maximum Gasteiger partial charge on any atom is 0.416 e. The first-order valence-electron chi connectivity index (χ1n) is 13.3. The zero-order valence-corrected chi connectivity index (χ0v) is 23.5. The number of rotatable bonds is 13. The van der Waals surface area contributed by atoms with E-state index in [9.17, 15) is 27.6 Å². The van der Waals surface area contributed by atoms with E-state index in [1.54, 1.807) is 37.3 Å². The van der Waals surface area contributed by atoms with Crippen molar-refractivity contribution in [2.24, 2.45) is 5.10 Å². The van der Waals surface area contributed by atoms with E-state index in [-0.39, 0.29) is 23.8 Å². The number of halogens is 3. The number of amides is 3. The van der Waals surface area contributed by atoms with Gasteiger partial charge in [0.25, 0.3) is 5.91 Å². The molecule has 3 amide bonds. The van der Waals surface area contributed by atoms with E-state index in [0.29, 0.717) is 23.6 Å². The Morgan fingerprint density at radius 2 is 1.60 bits per heavy atom. The Morgan fingerprint density at radius 1 is 0.837 bits per heavy atom. The summed E-state index contributed by atoms with van der Waals surface area (Å²) in [6, 6.07) is 15.4. The van der Waals surface area contributed by atoms with Crippen molar-refractivity contribution in [1.29, 1.82) is 0 Å². The lowest BCUT2D eigenvalue weighted by atomic mass is 10.2. The number of nitrogens with one attached hydrogen (secondary N) is 3. The normalized spacial score (nSPS) is 11.1. The van der Waals surface area contributed by atoms with E-state index in [2.05, 4.69) is 28.1 Å². The summed E-state index contributed by atoms with van der Waals surface area (Å²) in [6.45, 7) is 4.15. The summed E-state index contributed by atoms with van der Waals surface area (Å²) in [5, 5.41) is 8.61. The standard InChI is InChI=1S/C30H31F3N4O6/c1-3-5-15-42-24-12-10-22(11-13-24)36-28(39)29(40)37-34-18-20-9-14-25(26(16-20)41-4-2)43-19-27(38)35-23-8-6-7-21(17-23)30(31,32)33/h6-14,16-18H,3-5,15,19H2,1-2H3,(H,35,38)(H,36,39)(H,37,40)/b34-18-. The summed E-state index contributed by atoms with van der Waals surface area (Å²) >= 11 is 0. The summed E-state index contributed by atoms with van der Waals surface area (Å²) in [5.74, 6) is -1.48. The monoisotopic (exact) mass is 600 g/mol. The number of hydrazone groups is 1. The lowest BCUT2D eigenvalue weighted by Crippen LogP contribution is -2.32. The van der Waals surface area contributed by atoms with Crippen LogP contribution in [0.15, 0.2) is 71.8 Å². The highest BCUT2D eigenvalue weighted by Gasteiger charge is 2.30. The highest BCUT2D eigenvalue weighted by molar-refractivity contribution is 6.39. The Morgan fingerprint density at radius 3 is 2.30 bits per heavy atom. The fourth-order valence-electron chi connectivity index (χ4n) is 3.48. The zero-order chi connectivity index (χ0) is 31.2. The molecule has 43 heavy (non-hydrogen) atoms. The van der Waals surface area contributed by atoms with Gasteiger partial charge < -0.3 is 24.8 Å². The Bertz CT molecular complexity index is 1430. The van der Waals surface area contributed by atoms with Gasteiger partial charge in [-0.15, -0.1) is 0 Å². The van der Waals surface area contributed by atoms with Crippen LogP contribution in [0, 0.1) is 0 Å². The first-order chi connectivity index (χ1) is 20.6. The Hall–Kier alpha value is -5.07. The van der Waals surface area contributed by atoms with Crippen molar-refractivity contribution in [3.8, 4) is 17.2 Å². The number of carbonyl (C=O) groups excluding carboxylic acids is 3. The van der Waals surface area contributed by atoms with Crippen LogP contribution in [0.25, 0.3) is 0 Å². The van der Waals surface area contributed by atoms with Crippen LogP contribution in [0.5, 0.6) is 17.2 Å². The number of unbranched alkanes of at least 4 members (excludes halogenated alkanes) is 1. The van der Waals surface area contributed by atoms with E-state index < -0.39 is 36.1 Å². The second-order valence-corrected chi connectivity index (χ2v) is 8.93. The highest BCUT2D eigenvalue weighted by atomic mass is 19.4. The molecule has 0 atom stereocenters.